The van der Waals surface area contributed by atoms with Crippen molar-refractivity contribution in [1.29, 1.82) is 0 Å². The largest absolute Gasteiger partial charge is 0.508 e. The lowest BCUT2D eigenvalue weighted by Gasteiger charge is -2.19. The summed E-state index contributed by atoms with van der Waals surface area (Å²) in [6.07, 6.45) is -1.55. The molecule has 0 fully saturated rings. The number of aliphatic hydroxyl groups excluding tert-OH is 1. The number of rotatable bonds is 5. The van der Waals surface area contributed by atoms with Crippen molar-refractivity contribution in [3.8, 4) is 11.5 Å². The fourth-order valence-electron chi connectivity index (χ4n) is 2.45. The van der Waals surface area contributed by atoms with Gasteiger partial charge in [0.15, 0.2) is 6.10 Å². The van der Waals surface area contributed by atoms with Crippen LogP contribution in [0.2, 0.25) is 0 Å². The van der Waals surface area contributed by atoms with Gasteiger partial charge in [0.1, 0.15) is 17.4 Å². The van der Waals surface area contributed by atoms with Crippen LogP contribution in [0.15, 0.2) is 42.5 Å². The van der Waals surface area contributed by atoms with E-state index in [0.29, 0.717) is 5.56 Å². The van der Waals surface area contributed by atoms with Crippen molar-refractivity contribution in [2.24, 2.45) is 0 Å². The molecule has 0 amide bonds. The molecule has 0 heterocycles. The number of aromatic hydroxyl groups is 2. The third-order valence-corrected chi connectivity index (χ3v) is 3.77. The Labute approximate surface area is 144 Å². The molecule has 0 spiro atoms. The Balaban J connectivity index is 2.55. The molecule has 2 aromatic rings. The fourth-order valence-corrected chi connectivity index (χ4v) is 2.45. The van der Waals surface area contributed by atoms with E-state index < -0.39 is 24.0 Å². The number of methoxy groups -OCH3 is 2. The van der Waals surface area contributed by atoms with Gasteiger partial charge in [-0.25, -0.2) is 4.79 Å². The van der Waals surface area contributed by atoms with Crippen LogP contribution in [-0.2, 0) is 19.1 Å². The Morgan fingerprint density at radius 2 is 1.44 bits per heavy atom. The van der Waals surface area contributed by atoms with Crippen LogP contribution in [-0.4, -0.2) is 41.5 Å². The lowest BCUT2D eigenvalue weighted by atomic mass is 9.89. The van der Waals surface area contributed by atoms with Gasteiger partial charge in [0, 0.05) is 5.56 Å². The first-order chi connectivity index (χ1) is 11.9. The molecule has 0 aromatic heterocycles. The second kappa shape index (κ2) is 7.67. The van der Waals surface area contributed by atoms with E-state index in [1.165, 1.54) is 49.6 Å². The van der Waals surface area contributed by atoms with E-state index >= 15 is 0 Å². The molecule has 132 valence electrons. The minimum Gasteiger partial charge on any atom is -0.508 e. The van der Waals surface area contributed by atoms with Crippen LogP contribution in [0, 0.1) is 0 Å². The van der Waals surface area contributed by atoms with Crippen LogP contribution >= 0.6 is 0 Å². The molecule has 0 saturated carbocycles. The summed E-state index contributed by atoms with van der Waals surface area (Å²) in [5.74, 6) is -2.70. The van der Waals surface area contributed by atoms with Gasteiger partial charge in [0.05, 0.1) is 14.2 Å². The normalized spacial score (nSPS) is 12.9. The van der Waals surface area contributed by atoms with E-state index in [0.717, 1.165) is 7.11 Å². The zero-order valence-corrected chi connectivity index (χ0v) is 13.7. The summed E-state index contributed by atoms with van der Waals surface area (Å²) in [6.45, 7) is 0. The van der Waals surface area contributed by atoms with Gasteiger partial charge in [-0.15, -0.1) is 0 Å². The SMILES string of the molecule is COC(=O)C(O)c1ccc(O)c(C(C(=O)OC)c2ccc(O)cc2)c1. The lowest BCUT2D eigenvalue weighted by Crippen LogP contribution is -2.18. The average Bonchev–Trinajstić information content (AvgIpc) is 2.63. The fraction of sp³-hybridized carbons (Fsp3) is 0.222. The molecule has 7 heteroatoms. The number of aliphatic hydroxyl groups is 1. The third kappa shape index (κ3) is 3.89. The molecule has 2 aromatic carbocycles. The molecule has 2 unspecified atom stereocenters. The van der Waals surface area contributed by atoms with Crippen LogP contribution in [0.5, 0.6) is 11.5 Å². The molecule has 7 nitrogen and oxygen atoms in total. The third-order valence-electron chi connectivity index (χ3n) is 3.77. The maximum absolute atomic E-state index is 12.3. The smallest absolute Gasteiger partial charge is 0.339 e. The summed E-state index contributed by atoms with van der Waals surface area (Å²) in [6, 6.07) is 9.79. The summed E-state index contributed by atoms with van der Waals surface area (Å²) in [4.78, 5) is 23.8. The zero-order valence-electron chi connectivity index (χ0n) is 13.7. The summed E-state index contributed by atoms with van der Waals surface area (Å²) >= 11 is 0. The summed E-state index contributed by atoms with van der Waals surface area (Å²) < 4.78 is 9.30. The predicted octanol–water partition coefficient (Wildman–Crippen LogP) is 1.61. The van der Waals surface area contributed by atoms with Crippen LogP contribution in [0.1, 0.15) is 28.7 Å². The zero-order chi connectivity index (χ0) is 18.6. The number of ether oxygens (including phenoxy) is 2. The molecular weight excluding hydrogens is 328 g/mol. The van der Waals surface area contributed by atoms with Gasteiger partial charge in [-0.2, -0.15) is 0 Å². The van der Waals surface area contributed by atoms with Gasteiger partial charge < -0.3 is 24.8 Å². The van der Waals surface area contributed by atoms with E-state index in [-0.39, 0.29) is 22.6 Å². The Kier molecular flexibility index (Phi) is 5.61. The molecule has 0 saturated heterocycles. The highest BCUT2D eigenvalue weighted by Gasteiger charge is 2.28. The van der Waals surface area contributed by atoms with Gasteiger partial charge >= 0.3 is 11.9 Å². The maximum Gasteiger partial charge on any atom is 0.339 e. The molecule has 25 heavy (non-hydrogen) atoms. The Bertz CT molecular complexity index is 767. The molecule has 0 aliphatic carbocycles. The highest BCUT2D eigenvalue weighted by atomic mass is 16.5. The molecule has 0 aliphatic heterocycles. The second-order valence-electron chi connectivity index (χ2n) is 5.29. The van der Waals surface area contributed by atoms with Crippen molar-refractivity contribution in [3.05, 3.63) is 59.2 Å². The van der Waals surface area contributed by atoms with Gasteiger partial charge in [-0.05, 0) is 35.4 Å². The van der Waals surface area contributed by atoms with Crippen LogP contribution in [0.4, 0.5) is 0 Å². The van der Waals surface area contributed by atoms with Gasteiger partial charge in [-0.3, -0.25) is 4.79 Å². The van der Waals surface area contributed by atoms with Crippen molar-refractivity contribution in [1.82, 2.24) is 0 Å². The van der Waals surface area contributed by atoms with E-state index in [9.17, 15) is 24.9 Å². The van der Waals surface area contributed by atoms with Gasteiger partial charge in [-0.1, -0.05) is 18.2 Å². The Hall–Kier alpha value is -3.06. The lowest BCUT2D eigenvalue weighted by molar-refractivity contribution is -0.150. The quantitative estimate of drug-likeness (QED) is 0.705. The van der Waals surface area contributed by atoms with E-state index in [4.69, 9.17) is 4.74 Å². The van der Waals surface area contributed by atoms with E-state index in [2.05, 4.69) is 4.74 Å². The number of phenolic OH excluding ortho intramolecular Hbond substituents is 2. The van der Waals surface area contributed by atoms with Crippen LogP contribution < -0.4 is 0 Å². The number of carbonyl (C=O) groups is 2. The van der Waals surface area contributed by atoms with Crippen molar-refractivity contribution < 1.29 is 34.4 Å². The predicted molar refractivity (Wildman–Crippen MR) is 87.0 cm³/mol. The summed E-state index contributed by atoms with van der Waals surface area (Å²) in [5.41, 5.74) is 0.773. The number of hydrogen-bond donors (Lipinski definition) is 3. The highest BCUT2D eigenvalue weighted by Crippen LogP contribution is 2.35. The number of benzene rings is 2. The van der Waals surface area contributed by atoms with Crippen molar-refractivity contribution in [2.45, 2.75) is 12.0 Å². The Morgan fingerprint density at radius 3 is 2.00 bits per heavy atom. The molecular formula is C18H18O7. The first-order valence-electron chi connectivity index (χ1n) is 7.34. The minimum absolute atomic E-state index is 0.0199. The Morgan fingerprint density at radius 1 is 0.880 bits per heavy atom. The molecule has 0 bridgehead atoms. The second-order valence-corrected chi connectivity index (χ2v) is 5.29. The topological polar surface area (TPSA) is 113 Å². The average molecular weight is 346 g/mol. The van der Waals surface area contributed by atoms with E-state index in [1.807, 2.05) is 0 Å². The van der Waals surface area contributed by atoms with Gasteiger partial charge in [0.25, 0.3) is 0 Å². The van der Waals surface area contributed by atoms with Crippen LogP contribution in [0.3, 0.4) is 0 Å². The molecule has 2 rings (SSSR count). The number of carbonyl (C=O) groups excluding carboxylic acids is 2. The van der Waals surface area contributed by atoms with Crippen molar-refractivity contribution in [3.63, 3.8) is 0 Å². The summed E-state index contributed by atoms with van der Waals surface area (Å²) in [7, 11) is 2.35. The first kappa shape index (κ1) is 18.3. The summed E-state index contributed by atoms with van der Waals surface area (Å²) in [5, 5.41) is 29.6. The minimum atomic E-state index is -1.55. The number of phenols is 2. The highest BCUT2D eigenvalue weighted by molar-refractivity contribution is 5.83. The molecule has 0 aliphatic rings. The first-order valence-corrected chi connectivity index (χ1v) is 7.34. The van der Waals surface area contributed by atoms with Gasteiger partial charge in [0.2, 0.25) is 0 Å². The molecule has 0 radical (unpaired) electrons. The number of hydrogen-bond acceptors (Lipinski definition) is 7. The number of esters is 2. The van der Waals surface area contributed by atoms with Crippen LogP contribution in [0.25, 0.3) is 0 Å². The van der Waals surface area contributed by atoms with E-state index in [1.54, 1.807) is 0 Å². The standard InChI is InChI=1S/C18H18O7/c1-24-17(22)15(10-3-6-12(19)7-4-10)13-9-11(5-8-14(13)20)16(21)18(23)25-2/h3-9,15-16,19-21H,1-2H3. The monoisotopic (exact) mass is 346 g/mol. The molecule has 2 atom stereocenters. The molecule has 3 N–H and O–H groups in total. The van der Waals surface area contributed by atoms with Crippen molar-refractivity contribution >= 4 is 11.9 Å². The van der Waals surface area contributed by atoms with Crippen molar-refractivity contribution in [2.75, 3.05) is 14.2 Å². The maximum atomic E-state index is 12.3.